The minimum Gasteiger partial charge on any atom is -0.384 e. The number of hydrogen-bond donors (Lipinski definition) is 2. The van der Waals surface area contributed by atoms with Gasteiger partial charge in [-0.1, -0.05) is 12.1 Å². The minimum atomic E-state index is -0.107. The van der Waals surface area contributed by atoms with Gasteiger partial charge in [0.05, 0.1) is 13.2 Å². The molecule has 0 spiro atoms. The van der Waals surface area contributed by atoms with Crippen LogP contribution in [-0.4, -0.2) is 59.9 Å². The van der Waals surface area contributed by atoms with Crippen molar-refractivity contribution in [2.45, 2.75) is 26.4 Å². The first-order valence-electron chi connectivity index (χ1n) is 10.1. The number of carbonyl (C=O) groups excluding carboxylic acids is 1. The van der Waals surface area contributed by atoms with Gasteiger partial charge in [-0.2, -0.15) is 5.10 Å². The quantitative estimate of drug-likeness (QED) is 0.525. The Bertz CT molecular complexity index is 805. The van der Waals surface area contributed by atoms with E-state index in [1.165, 1.54) is 0 Å². The van der Waals surface area contributed by atoms with Crippen molar-refractivity contribution >= 4 is 17.6 Å². The number of guanidine groups is 1. The number of rotatable bonds is 8. The van der Waals surface area contributed by atoms with Crippen LogP contribution in [0.4, 0.5) is 5.69 Å². The molecule has 1 fully saturated rings. The van der Waals surface area contributed by atoms with Crippen molar-refractivity contribution in [2.24, 2.45) is 10.9 Å². The summed E-state index contributed by atoms with van der Waals surface area (Å²) in [7, 11) is 1.75. The minimum absolute atomic E-state index is 0.107. The Morgan fingerprint density at radius 3 is 3.03 bits per heavy atom. The number of aliphatic imine (C=N–C) groups is 1. The first-order chi connectivity index (χ1) is 14.2. The summed E-state index contributed by atoms with van der Waals surface area (Å²) >= 11 is 0. The van der Waals surface area contributed by atoms with Crippen LogP contribution in [0.2, 0.25) is 0 Å². The van der Waals surface area contributed by atoms with Crippen molar-refractivity contribution in [1.29, 1.82) is 0 Å². The van der Waals surface area contributed by atoms with E-state index in [1.54, 1.807) is 30.3 Å². The molecule has 0 bridgehead atoms. The highest BCUT2D eigenvalue weighted by Gasteiger charge is 2.24. The predicted molar refractivity (Wildman–Crippen MR) is 114 cm³/mol. The Labute approximate surface area is 171 Å². The highest BCUT2D eigenvalue weighted by atomic mass is 16.5. The van der Waals surface area contributed by atoms with E-state index >= 15 is 0 Å². The molecule has 1 aliphatic heterocycles. The molecular weight excluding hydrogens is 368 g/mol. The number of amides is 1. The first-order valence-corrected chi connectivity index (χ1v) is 10.1. The van der Waals surface area contributed by atoms with Gasteiger partial charge in [0.2, 0.25) is 5.91 Å². The van der Waals surface area contributed by atoms with Gasteiger partial charge >= 0.3 is 0 Å². The third kappa shape index (κ3) is 6.32. The topological polar surface area (TPSA) is 83.8 Å². The summed E-state index contributed by atoms with van der Waals surface area (Å²) in [6.45, 7) is 6.39. The molecule has 2 N–H and O–H groups in total. The lowest BCUT2D eigenvalue weighted by atomic mass is 10.1. The number of nitrogens with one attached hydrogen (secondary N) is 2. The summed E-state index contributed by atoms with van der Waals surface area (Å²) in [6.07, 6.45) is 4.55. The smallest absolute Gasteiger partial charge is 0.246 e. The van der Waals surface area contributed by atoms with Crippen LogP contribution in [0.25, 0.3) is 0 Å². The van der Waals surface area contributed by atoms with Crippen LogP contribution in [-0.2, 0) is 22.6 Å². The van der Waals surface area contributed by atoms with Crippen LogP contribution in [0.15, 0.2) is 47.7 Å². The summed E-state index contributed by atoms with van der Waals surface area (Å²) in [5.41, 5.74) is 1.81. The monoisotopic (exact) mass is 398 g/mol. The van der Waals surface area contributed by atoms with Crippen LogP contribution in [0.5, 0.6) is 0 Å². The molecule has 8 nitrogen and oxygen atoms in total. The molecule has 1 atom stereocenters. The van der Waals surface area contributed by atoms with E-state index in [9.17, 15) is 4.79 Å². The summed E-state index contributed by atoms with van der Waals surface area (Å²) in [5.74, 6) is 1.38. The summed E-state index contributed by atoms with van der Waals surface area (Å²) in [5, 5.41) is 10.4. The largest absolute Gasteiger partial charge is 0.384 e. The van der Waals surface area contributed by atoms with E-state index < -0.39 is 0 Å². The fourth-order valence-corrected chi connectivity index (χ4v) is 3.48. The first kappa shape index (κ1) is 20.9. The Hall–Kier alpha value is -2.87. The number of ether oxygens (including phenoxy) is 1. The number of nitrogens with zero attached hydrogens (tertiary/aromatic N) is 4. The molecule has 1 unspecified atom stereocenters. The van der Waals surface area contributed by atoms with Crippen molar-refractivity contribution in [3.63, 3.8) is 0 Å². The maximum atomic E-state index is 12.2. The standard InChI is InChI=1S/C21H30N6O2/c1-3-22-21(26-11-8-18(14-26)16-29-2)23-13-17-6-4-7-19(12-17)25-20(28)15-27-10-5-9-24-27/h4-7,9-10,12,18H,3,8,11,13-16H2,1-2H3,(H,22,23)(H,25,28). The van der Waals surface area contributed by atoms with Crippen LogP contribution in [0.1, 0.15) is 18.9 Å². The zero-order chi connectivity index (χ0) is 20.5. The third-order valence-corrected chi connectivity index (χ3v) is 4.81. The molecule has 2 aromatic rings. The molecule has 1 saturated heterocycles. The number of aromatic nitrogens is 2. The molecule has 1 aromatic carbocycles. The van der Waals surface area contributed by atoms with Gasteiger partial charge in [0.15, 0.2) is 5.96 Å². The number of hydrogen-bond acceptors (Lipinski definition) is 4. The van der Waals surface area contributed by atoms with Crippen molar-refractivity contribution in [3.8, 4) is 0 Å². The predicted octanol–water partition coefficient (Wildman–Crippen LogP) is 1.96. The average molecular weight is 399 g/mol. The molecule has 0 saturated carbocycles. The molecule has 8 heteroatoms. The second kappa shape index (κ2) is 10.6. The maximum absolute atomic E-state index is 12.2. The summed E-state index contributed by atoms with van der Waals surface area (Å²) in [6, 6.07) is 9.60. The Morgan fingerprint density at radius 2 is 2.28 bits per heavy atom. The molecule has 1 amide bonds. The van der Waals surface area contributed by atoms with Crippen LogP contribution in [0.3, 0.4) is 0 Å². The van der Waals surface area contributed by atoms with Gasteiger partial charge in [-0.25, -0.2) is 4.99 Å². The fourth-order valence-electron chi connectivity index (χ4n) is 3.48. The molecule has 156 valence electrons. The number of anilines is 1. The van der Waals surface area contributed by atoms with Gasteiger partial charge in [0, 0.05) is 50.7 Å². The van der Waals surface area contributed by atoms with Crippen molar-refractivity contribution < 1.29 is 9.53 Å². The van der Waals surface area contributed by atoms with E-state index in [0.717, 1.165) is 49.9 Å². The van der Waals surface area contributed by atoms with Crippen LogP contribution in [0, 0.1) is 5.92 Å². The number of carbonyl (C=O) groups is 1. The zero-order valence-corrected chi connectivity index (χ0v) is 17.2. The lowest BCUT2D eigenvalue weighted by molar-refractivity contribution is -0.116. The lowest BCUT2D eigenvalue weighted by Crippen LogP contribution is -2.40. The number of benzene rings is 1. The molecule has 1 aliphatic rings. The van der Waals surface area contributed by atoms with Gasteiger partial charge in [-0.05, 0) is 37.1 Å². The molecule has 2 heterocycles. The maximum Gasteiger partial charge on any atom is 0.246 e. The van der Waals surface area contributed by atoms with Crippen LogP contribution >= 0.6 is 0 Å². The van der Waals surface area contributed by atoms with Gasteiger partial charge in [0.1, 0.15) is 6.54 Å². The molecular formula is C21H30N6O2. The van der Waals surface area contributed by atoms with E-state index in [1.807, 2.05) is 24.3 Å². The molecule has 0 radical (unpaired) electrons. The second-order valence-corrected chi connectivity index (χ2v) is 7.18. The van der Waals surface area contributed by atoms with Crippen molar-refractivity contribution in [3.05, 3.63) is 48.3 Å². The molecule has 1 aromatic heterocycles. The SMILES string of the molecule is CCNC(=NCc1cccc(NC(=O)Cn2cccn2)c1)N1CCC(COC)C1. The van der Waals surface area contributed by atoms with E-state index in [-0.39, 0.29) is 12.5 Å². The molecule has 3 rings (SSSR count). The Kier molecular flexibility index (Phi) is 7.63. The van der Waals surface area contributed by atoms with Gasteiger partial charge in [-0.3, -0.25) is 9.48 Å². The van der Waals surface area contributed by atoms with Gasteiger partial charge in [0.25, 0.3) is 0 Å². The Morgan fingerprint density at radius 1 is 1.38 bits per heavy atom. The molecule has 29 heavy (non-hydrogen) atoms. The van der Waals surface area contributed by atoms with Crippen molar-refractivity contribution in [1.82, 2.24) is 20.0 Å². The number of likely N-dealkylation sites (tertiary alicyclic amines) is 1. The van der Waals surface area contributed by atoms with Gasteiger partial charge in [-0.15, -0.1) is 0 Å². The van der Waals surface area contributed by atoms with E-state index in [2.05, 4.69) is 27.6 Å². The molecule has 0 aliphatic carbocycles. The normalized spacial score (nSPS) is 16.8. The second-order valence-electron chi connectivity index (χ2n) is 7.18. The highest BCUT2D eigenvalue weighted by molar-refractivity contribution is 5.90. The van der Waals surface area contributed by atoms with E-state index in [4.69, 9.17) is 9.73 Å². The average Bonchev–Trinajstić information content (AvgIpc) is 3.38. The lowest BCUT2D eigenvalue weighted by Gasteiger charge is -2.21. The van der Waals surface area contributed by atoms with Gasteiger partial charge < -0.3 is 20.3 Å². The highest BCUT2D eigenvalue weighted by Crippen LogP contribution is 2.17. The number of methoxy groups -OCH3 is 1. The Balaban J connectivity index is 1.59. The van der Waals surface area contributed by atoms with Crippen LogP contribution < -0.4 is 10.6 Å². The fraction of sp³-hybridized carbons (Fsp3) is 0.476. The zero-order valence-electron chi connectivity index (χ0n) is 17.2. The van der Waals surface area contributed by atoms with Crippen molar-refractivity contribution in [2.75, 3.05) is 38.7 Å². The summed E-state index contributed by atoms with van der Waals surface area (Å²) < 4.78 is 6.89. The summed E-state index contributed by atoms with van der Waals surface area (Å²) in [4.78, 5) is 19.3. The van der Waals surface area contributed by atoms with E-state index in [0.29, 0.717) is 12.5 Å². The third-order valence-electron chi connectivity index (χ3n) is 4.81.